The third-order valence-electron chi connectivity index (χ3n) is 3.72. The molecular weight excluding hydrogens is 373 g/mol. The Hall–Kier alpha value is -2.84. The van der Waals surface area contributed by atoms with Gasteiger partial charge in [0.2, 0.25) is 5.91 Å². The number of nitrogens with one attached hydrogen (secondary N) is 1. The van der Waals surface area contributed by atoms with Crippen molar-refractivity contribution < 1.29 is 9.18 Å². The van der Waals surface area contributed by atoms with Crippen molar-refractivity contribution in [2.75, 3.05) is 5.32 Å². The number of hydrogen-bond acceptors (Lipinski definition) is 5. The molecule has 8 heteroatoms. The predicted molar refractivity (Wildman–Crippen MR) is 102 cm³/mol. The Kier molecular flexibility index (Phi) is 4.36. The average Bonchev–Trinajstić information content (AvgIpc) is 3.21. The molecule has 2 heterocycles. The molecule has 0 bridgehead atoms. The molecule has 0 saturated carbocycles. The Morgan fingerprint density at radius 3 is 2.81 bits per heavy atom. The Labute approximate surface area is 155 Å². The van der Waals surface area contributed by atoms with Gasteiger partial charge in [0.05, 0.1) is 15.8 Å². The maximum atomic E-state index is 13.3. The lowest BCUT2D eigenvalue weighted by molar-refractivity contribution is -0.116. The Morgan fingerprint density at radius 1 is 1.19 bits per heavy atom. The molecule has 0 radical (unpaired) electrons. The highest BCUT2D eigenvalue weighted by molar-refractivity contribution is 7.14. The number of rotatable bonds is 4. The summed E-state index contributed by atoms with van der Waals surface area (Å²) in [5.74, 6) is -0.764. The molecule has 4 rings (SSSR count). The van der Waals surface area contributed by atoms with Gasteiger partial charge in [0.1, 0.15) is 12.4 Å². The van der Waals surface area contributed by atoms with Gasteiger partial charge >= 0.3 is 0 Å². The van der Waals surface area contributed by atoms with Gasteiger partial charge in [-0.1, -0.05) is 41.9 Å². The van der Waals surface area contributed by atoms with E-state index in [9.17, 15) is 14.0 Å². The summed E-state index contributed by atoms with van der Waals surface area (Å²) >= 11 is 2.38. The number of amides is 1. The zero-order valence-corrected chi connectivity index (χ0v) is 14.9. The topological polar surface area (TPSA) is 64.0 Å². The second-order valence-corrected chi connectivity index (χ2v) is 7.45. The maximum Gasteiger partial charge on any atom is 0.269 e. The molecule has 0 aliphatic carbocycles. The van der Waals surface area contributed by atoms with Gasteiger partial charge in [-0.25, -0.2) is 9.37 Å². The van der Waals surface area contributed by atoms with Crippen LogP contribution >= 0.6 is 22.9 Å². The Morgan fingerprint density at radius 2 is 2.00 bits per heavy atom. The summed E-state index contributed by atoms with van der Waals surface area (Å²) in [6, 6.07) is 13.6. The van der Waals surface area contributed by atoms with Gasteiger partial charge in [-0.15, -0.1) is 11.3 Å². The van der Waals surface area contributed by atoms with Gasteiger partial charge in [-0.3, -0.25) is 13.5 Å². The summed E-state index contributed by atoms with van der Waals surface area (Å²) in [4.78, 5) is 28.9. The Bertz CT molecular complexity index is 1150. The largest absolute Gasteiger partial charge is 0.300 e. The lowest BCUT2D eigenvalue weighted by Gasteiger charge is -2.01. The summed E-state index contributed by atoms with van der Waals surface area (Å²) in [5.41, 5.74) is 1.44. The van der Waals surface area contributed by atoms with Gasteiger partial charge in [0, 0.05) is 10.9 Å². The third-order valence-corrected chi connectivity index (χ3v) is 5.52. The first-order chi connectivity index (χ1) is 12.6. The standard InChI is InChI=1S/C18H12FN3O2S2/c19-12-6-7-13-15(8-12)26-22(17(13)24)9-16(23)21-18-20-14(10-25-18)11-4-2-1-3-5-11/h1-8,10H,9H2,(H,20,21,23). The normalized spacial score (nSPS) is 11.0. The molecule has 0 fully saturated rings. The first-order valence-electron chi connectivity index (χ1n) is 7.70. The summed E-state index contributed by atoms with van der Waals surface area (Å²) in [6.45, 7) is -0.139. The van der Waals surface area contributed by atoms with Crippen LogP contribution in [0.25, 0.3) is 21.3 Å². The van der Waals surface area contributed by atoms with Crippen molar-refractivity contribution in [3.8, 4) is 11.3 Å². The molecule has 0 aliphatic heterocycles. The fraction of sp³-hybridized carbons (Fsp3) is 0.0556. The molecule has 5 nitrogen and oxygen atoms in total. The number of carbonyl (C=O) groups excluding carboxylic acids is 1. The predicted octanol–water partition coefficient (Wildman–Crippen LogP) is 3.96. The summed E-state index contributed by atoms with van der Waals surface area (Å²) in [5, 5.41) is 5.44. The molecule has 0 spiro atoms. The number of thiazole rings is 1. The van der Waals surface area contributed by atoms with Crippen LogP contribution in [0.2, 0.25) is 0 Å². The lowest BCUT2D eigenvalue weighted by Crippen LogP contribution is -2.23. The van der Waals surface area contributed by atoms with Crippen molar-refractivity contribution in [1.82, 2.24) is 8.94 Å². The van der Waals surface area contributed by atoms with E-state index in [2.05, 4.69) is 10.3 Å². The number of nitrogens with zero attached hydrogens (tertiary/aromatic N) is 2. The van der Waals surface area contributed by atoms with Crippen molar-refractivity contribution in [3.63, 3.8) is 0 Å². The van der Waals surface area contributed by atoms with E-state index in [4.69, 9.17) is 0 Å². The third kappa shape index (κ3) is 3.29. The molecule has 0 unspecified atom stereocenters. The fourth-order valence-electron chi connectivity index (χ4n) is 2.51. The molecule has 4 aromatic rings. The number of fused-ring (bicyclic) bond motifs is 1. The second kappa shape index (κ2) is 6.81. The number of carbonyl (C=O) groups is 1. The van der Waals surface area contributed by atoms with Gasteiger partial charge in [0.15, 0.2) is 5.13 Å². The molecule has 1 N–H and O–H groups in total. The molecular formula is C18H12FN3O2S2. The van der Waals surface area contributed by atoms with Crippen molar-refractivity contribution >= 4 is 44.0 Å². The van der Waals surface area contributed by atoms with E-state index in [-0.39, 0.29) is 18.0 Å². The molecule has 130 valence electrons. The van der Waals surface area contributed by atoms with Crippen LogP contribution in [-0.4, -0.2) is 14.8 Å². The zero-order chi connectivity index (χ0) is 18.1. The van der Waals surface area contributed by atoms with Gasteiger partial charge < -0.3 is 5.32 Å². The quantitative estimate of drug-likeness (QED) is 0.578. The van der Waals surface area contributed by atoms with E-state index in [0.717, 1.165) is 22.8 Å². The minimum Gasteiger partial charge on any atom is -0.300 e. The minimum atomic E-state index is -0.411. The van der Waals surface area contributed by atoms with Crippen LogP contribution in [-0.2, 0) is 11.3 Å². The van der Waals surface area contributed by atoms with Crippen molar-refractivity contribution in [3.05, 3.63) is 70.1 Å². The van der Waals surface area contributed by atoms with Gasteiger partial charge in [0.25, 0.3) is 5.56 Å². The highest BCUT2D eigenvalue weighted by atomic mass is 32.1. The minimum absolute atomic E-state index is 0.139. The highest BCUT2D eigenvalue weighted by Gasteiger charge is 2.13. The van der Waals surface area contributed by atoms with E-state index in [0.29, 0.717) is 15.2 Å². The first-order valence-corrected chi connectivity index (χ1v) is 9.35. The highest BCUT2D eigenvalue weighted by Crippen LogP contribution is 2.24. The van der Waals surface area contributed by atoms with Crippen LogP contribution in [0, 0.1) is 5.82 Å². The number of hydrogen-bond donors (Lipinski definition) is 1. The molecule has 2 aromatic carbocycles. The van der Waals surface area contributed by atoms with Crippen molar-refractivity contribution in [2.24, 2.45) is 0 Å². The van der Waals surface area contributed by atoms with Crippen LogP contribution < -0.4 is 10.9 Å². The summed E-state index contributed by atoms with van der Waals surface area (Å²) in [7, 11) is 0. The average molecular weight is 385 g/mol. The molecule has 0 atom stereocenters. The fourth-order valence-corrected chi connectivity index (χ4v) is 4.26. The van der Waals surface area contributed by atoms with Crippen molar-refractivity contribution in [1.29, 1.82) is 0 Å². The van der Waals surface area contributed by atoms with E-state index >= 15 is 0 Å². The first kappa shape index (κ1) is 16.6. The van der Waals surface area contributed by atoms with Crippen LogP contribution in [0.3, 0.4) is 0 Å². The summed E-state index contributed by atoms with van der Waals surface area (Å²) < 4.78 is 15.1. The molecule has 0 aliphatic rings. The smallest absolute Gasteiger partial charge is 0.269 e. The lowest BCUT2D eigenvalue weighted by atomic mass is 10.2. The number of benzene rings is 2. The van der Waals surface area contributed by atoms with Crippen LogP contribution in [0.15, 0.2) is 58.7 Å². The van der Waals surface area contributed by atoms with Gasteiger partial charge in [-0.2, -0.15) is 0 Å². The molecule has 1 amide bonds. The van der Waals surface area contributed by atoms with E-state index < -0.39 is 5.82 Å². The molecule has 2 aromatic heterocycles. The summed E-state index contributed by atoms with van der Waals surface area (Å²) in [6.07, 6.45) is 0. The van der Waals surface area contributed by atoms with Gasteiger partial charge in [-0.05, 0) is 18.2 Å². The van der Waals surface area contributed by atoms with Crippen LogP contribution in [0.5, 0.6) is 0 Å². The zero-order valence-electron chi connectivity index (χ0n) is 13.3. The Balaban J connectivity index is 1.50. The maximum absolute atomic E-state index is 13.3. The van der Waals surface area contributed by atoms with Crippen LogP contribution in [0.1, 0.15) is 0 Å². The van der Waals surface area contributed by atoms with Crippen LogP contribution in [0.4, 0.5) is 9.52 Å². The van der Waals surface area contributed by atoms with E-state index in [1.807, 2.05) is 35.7 Å². The van der Waals surface area contributed by atoms with Crippen molar-refractivity contribution in [2.45, 2.75) is 6.54 Å². The monoisotopic (exact) mass is 385 g/mol. The number of aromatic nitrogens is 2. The number of anilines is 1. The van der Waals surface area contributed by atoms with E-state index in [1.165, 1.54) is 33.5 Å². The second-order valence-electron chi connectivity index (χ2n) is 5.53. The van der Waals surface area contributed by atoms with E-state index in [1.54, 1.807) is 0 Å². The molecule has 0 saturated heterocycles. The SMILES string of the molecule is O=C(Cn1sc2cc(F)ccc2c1=O)Nc1nc(-c2ccccc2)cs1. The number of halogens is 1. The molecule has 26 heavy (non-hydrogen) atoms.